The molecule has 11 nitrogen and oxygen atoms in total. The number of aryl methyl sites for hydroxylation is 2. The second-order valence-corrected chi connectivity index (χ2v) is 9.86. The topological polar surface area (TPSA) is 131 Å². The average molecular weight is 463 g/mol. The first-order valence-corrected chi connectivity index (χ1v) is 12.1. The van der Waals surface area contributed by atoms with Crippen LogP contribution in [0.3, 0.4) is 0 Å². The van der Waals surface area contributed by atoms with Crippen molar-refractivity contribution in [1.82, 2.24) is 24.1 Å². The molecule has 2 aromatic rings. The average Bonchev–Trinajstić information content (AvgIpc) is 3.22. The van der Waals surface area contributed by atoms with Gasteiger partial charge in [0.1, 0.15) is 5.82 Å². The largest absolute Gasteiger partial charge is 0.338 e. The van der Waals surface area contributed by atoms with Crippen molar-refractivity contribution in [2.24, 2.45) is 0 Å². The summed E-state index contributed by atoms with van der Waals surface area (Å²) < 4.78 is 29.1. The lowest BCUT2D eigenvalue weighted by Crippen LogP contribution is -2.53. The number of imidazole rings is 1. The van der Waals surface area contributed by atoms with Crippen LogP contribution in [-0.2, 0) is 29.4 Å². The molecule has 0 spiro atoms. The number of amides is 2. The minimum Gasteiger partial charge on any atom is -0.338 e. The number of carbonyl (C=O) groups is 1. The van der Waals surface area contributed by atoms with Crippen molar-refractivity contribution < 1.29 is 18.1 Å². The highest BCUT2D eigenvalue weighted by atomic mass is 32.2. The minimum atomic E-state index is -3.86. The summed E-state index contributed by atoms with van der Waals surface area (Å²) in [5.41, 5.74) is 0.692. The van der Waals surface area contributed by atoms with E-state index in [1.807, 2.05) is 0 Å². The fraction of sp³-hybridized carbons (Fsp3) is 0.500. The van der Waals surface area contributed by atoms with E-state index in [0.717, 1.165) is 37.0 Å². The van der Waals surface area contributed by atoms with Crippen LogP contribution in [0.25, 0.3) is 0 Å². The summed E-state index contributed by atoms with van der Waals surface area (Å²) in [6, 6.07) is 4.77. The summed E-state index contributed by atoms with van der Waals surface area (Å²) in [5.74, 6) is 1.11. The maximum absolute atomic E-state index is 12.8. The van der Waals surface area contributed by atoms with Gasteiger partial charge in [-0.1, -0.05) is 6.07 Å². The van der Waals surface area contributed by atoms with E-state index in [9.17, 15) is 23.3 Å². The Morgan fingerprint density at radius 1 is 1.16 bits per heavy atom. The predicted octanol–water partition coefficient (Wildman–Crippen LogP) is 1.39. The fourth-order valence-corrected chi connectivity index (χ4v) is 5.50. The highest BCUT2D eigenvalue weighted by Crippen LogP contribution is 2.22. The van der Waals surface area contributed by atoms with Gasteiger partial charge in [0.15, 0.2) is 0 Å². The summed E-state index contributed by atoms with van der Waals surface area (Å²) in [4.78, 5) is 28.9. The van der Waals surface area contributed by atoms with Crippen molar-refractivity contribution in [2.45, 2.75) is 37.1 Å². The van der Waals surface area contributed by atoms with E-state index in [-0.39, 0.29) is 42.8 Å². The number of nitrogens with zero attached hydrogens (tertiary/aromatic N) is 5. The van der Waals surface area contributed by atoms with E-state index < -0.39 is 14.9 Å². The van der Waals surface area contributed by atoms with Crippen LogP contribution >= 0.6 is 0 Å². The van der Waals surface area contributed by atoms with Gasteiger partial charge in [0.25, 0.3) is 5.69 Å². The molecule has 0 unspecified atom stereocenters. The number of aromatic nitrogens is 2. The quantitative estimate of drug-likeness (QED) is 0.510. The number of nitro benzene ring substituents is 1. The van der Waals surface area contributed by atoms with Gasteiger partial charge in [-0.2, -0.15) is 4.31 Å². The molecule has 0 saturated carbocycles. The molecule has 3 heterocycles. The number of hydrogen-bond donors (Lipinski definition) is 1. The van der Waals surface area contributed by atoms with Crippen LogP contribution in [0.4, 0.5) is 10.5 Å². The lowest BCUT2D eigenvalue weighted by Gasteiger charge is -2.33. The second-order valence-electron chi connectivity index (χ2n) is 7.93. The Balaban J connectivity index is 1.27. The first kappa shape index (κ1) is 22.2. The SMILES string of the molecule is O=C(NCCc1cn2c(n1)CCCC2)N1CCN(S(=O)(=O)c2cccc([N+](=O)[O-])c2)CC1. The second kappa shape index (κ2) is 9.25. The molecule has 1 fully saturated rings. The van der Waals surface area contributed by atoms with Crippen molar-refractivity contribution in [3.63, 3.8) is 0 Å². The number of nitro groups is 1. The summed E-state index contributed by atoms with van der Waals surface area (Å²) >= 11 is 0. The Labute approximate surface area is 186 Å². The van der Waals surface area contributed by atoms with E-state index in [4.69, 9.17) is 0 Å². The van der Waals surface area contributed by atoms with E-state index in [1.165, 1.54) is 28.9 Å². The van der Waals surface area contributed by atoms with Crippen LogP contribution in [0, 0.1) is 10.1 Å². The number of nitrogens with one attached hydrogen (secondary N) is 1. The molecule has 172 valence electrons. The highest BCUT2D eigenvalue weighted by Gasteiger charge is 2.31. The Bertz CT molecular complexity index is 1080. The third-order valence-corrected chi connectivity index (χ3v) is 7.70. The van der Waals surface area contributed by atoms with Crippen molar-refractivity contribution >= 4 is 21.7 Å². The Kier molecular flexibility index (Phi) is 6.42. The van der Waals surface area contributed by atoms with Gasteiger partial charge in [0, 0.05) is 70.4 Å². The smallest absolute Gasteiger partial charge is 0.317 e. The van der Waals surface area contributed by atoms with Crippen LogP contribution in [-0.4, -0.2) is 70.9 Å². The molecule has 2 amide bonds. The Morgan fingerprint density at radius 3 is 2.66 bits per heavy atom. The summed E-state index contributed by atoms with van der Waals surface area (Å²) in [5, 5.41) is 13.8. The number of urea groups is 1. The molecule has 0 atom stereocenters. The van der Waals surface area contributed by atoms with Crippen LogP contribution in [0.1, 0.15) is 24.4 Å². The molecule has 12 heteroatoms. The van der Waals surface area contributed by atoms with Crippen LogP contribution < -0.4 is 5.32 Å². The molecule has 4 rings (SSSR count). The molecule has 1 aromatic heterocycles. The summed E-state index contributed by atoms with van der Waals surface area (Å²) in [6.07, 6.45) is 6.03. The third-order valence-electron chi connectivity index (χ3n) is 5.81. The van der Waals surface area contributed by atoms with Crippen LogP contribution in [0.2, 0.25) is 0 Å². The van der Waals surface area contributed by atoms with Gasteiger partial charge >= 0.3 is 6.03 Å². The van der Waals surface area contributed by atoms with E-state index >= 15 is 0 Å². The van der Waals surface area contributed by atoms with E-state index in [1.54, 1.807) is 4.90 Å². The Hall–Kier alpha value is -2.99. The number of carbonyl (C=O) groups excluding carboxylic acids is 1. The zero-order chi connectivity index (χ0) is 22.7. The maximum atomic E-state index is 12.8. The highest BCUT2D eigenvalue weighted by molar-refractivity contribution is 7.89. The van der Waals surface area contributed by atoms with Gasteiger partial charge in [-0.15, -0.1) is 0 Å². The molecular weight excluding hydrogens is 436 g/mol. The van der Waals surface area contributed by atoms with Crippen molar-refractivity contribution in [3.8, 4) is 0 Å². The summed E-state index contributed by atoms with van der Waals surface area (Å²) in [6.45, 7) is 2.22. The molecular formula is C20H26N6O5S. The van der Waals surface area contributed by atoms with Crippen LogP contribution in [0.5, 0.6) is 0 Å². The molecule has 1 aromatic carbocycles. The lowest BCUT2D eigenvalue weighted by atomic mass is 10.2. The fourth-order valence-electron chi connectivity index (χ4n) is 4.04. The molecule has 32 heavy (non-hydrogen) atoms. The lowest BCUT2D eigenvalue weighted by molar-refractivity contribution is -0.385. The number of fused-ring (bicyclic) bond motifs is 1. The first-order chi connectivity index (χ1) is 15.3. The first-order valence-electron chi connectivity index (χ1n) is 10.7. The third kappa shape index (κ3) is 4.75. The van der Waals surface area contributed by atoms with Crippen molar-refractivity contribution in [2.75, 3.05) is 32.7 Å². The Morgan fingerprint density at radius 2 is 1.94 bits per heavy atom. The zero-order valence-electron chi connectivity index (χ0n) is 17.6. The maximum Gasteiger partial charge on any atom is 0.317 e. The number of non-ortho nitro benzene ring substituents is 1. The van der Waals surface area contributed by atoms with Gasteiger partial charge in [0.2, 0.25) is 10.0 Å². The van der Waals surface area contributed by atoms with Gasteiger partial charge in [-0.05, 0) is 18.9 Å². The summed E-state index contributed by atoms with van der Waals surface area (Å²) in [7, 11) is -3.86. The normalized spacial score (nSPS) is 17.1. The van der Waals surface area contributed by atoms with Crippen LogP contribution in [0.15, 0.2) is 35.4 Å². The van der Waals surface area contributed by atoms with Crippen molar-refractivity contribution in [3.05, 3.63) is 52.1 Å². The van der Waals surface area contributed by atoms with Gasteiger partial charge in [-0.25, -0.2) is 18.2 Å². The molecule has 1 saturated heterocycles. The predicted molar refractivity (Wildman–Crippen MR) is 116 cm³/mol. The zero-order valence-corrected chi connectivity index (χ0v) is 18.5. The van der Waals surface area contributed by atoms with Gasteiger partial charge < -0.3 is 14.8 Å². The van der Waals surface area contributed by atoms with E-state index in [0.29, 0.717) is 13.0 Å². The number of hydrogen-bond acceptors (Lipinski definition) is 6. The van der Waals surface area contributed by atoms with Crippen molar-refractivity contribution in [1.29, 1.82) is 0 Å². The molecule has 2 aliphatic heterocycles. The molecule has 2 aliphatic rings. The number of benzene rings is 1. The van der Waals surface area contributed by atoms with Gasteiger partial charge in [-0.3, -0.25) is 10.1 Å². The number of sulfonamides is 1. The molecule has 0 radical (unpaired) electrons. The molecule has 0 bridgehead atoms. The van der Waals surface area contributed by atoms with Gasteiger partial charge in [0.05, 0.1) is 15.5 Å². The molecule has 0 aliphatic carbocycles. The number of rotatable bonds is 6. The minimum absolute atomic E-state index is 0.118. The number of piperazine rings is 1. The standard InChI is InChI=1S/C20H26N6O5S/c27-20(21-8-7-16-15-24-9-2-1-6-19(24)22-16)23-10-12-25(13-11-23)32(30,31)18-5-3-4-17(14-18)26(28)29/h3-5,14-15H,1-2,6-13H2,(H,21,27). The monoisotopic (exact) mass is 462 g/mol. The van der Waals surface area contributed by atoms with E-state index in [2.05, 4.69) is 21.1 Å². The molecule has 1 N–H and O–H groups in total.